The molecule has 0 unspecified atom stereocenters. The summed E-state index contributed by atoms with van der Waals surface area (Å²) in [4.78, 5) is 0.314. The third kappa shape index (κ3) is 3.94. The highest BCUT2D eigenvalue weighted by Gasteiger charge is 2.35. The Morgan fingerprint density at radius 2 is 1.33 bits per heavy atom. The van der Waals surface area contributed by atoms with Gasteiger partial charge in [0.2, 0.25) is 10.0 Å². The van der Waals surface area contributed by atoms with Crippen LogP contribution in [0.15, 0.2) is 33.4 Å². The zero-order valence-electron chi connectivity index (χ0n) is 15.3. The number of hydrogen-bond acceptors (Lipinski definition) is 5. The Bertz CT molecular complexity index is 1050. The van der Waals surface area contributed by atoms with Crippen LogP contribution in [0.4, 0.5) is 0 Å². The number of thiophene rings is 1. The molecule has 0 saturated carbocycles. The topological polar surface area (TPSA) is 74.8 Å². The van der Waals surface area contributed by atoms with E-state index in [2.05, 4.69) is 0 Å². The van der Waals surface area contributed by atoms with Gasteiger partial charge >= 0.3 is 0 Å². The lowest BCUT2D eigenvalue weighted by atomic mass is 10.1. The quantitative estimate of drug-likeness (QED) is 0.720. The number of benzene rings is 1. The zero-order chi connectivity index (χ0) is 20.0. The molecule has 6 nitrogen and oxygen atoms in total. The monoisotopic (exact) mass is 448 g/mol. The van der Waals surface area contributed by atoms with Crippen molar-refractivity contribution in [3.8, 4) is 0 Å². The van der Waals surface area contributed by atoms with Crippen LogP contribution in [0.3, 0.4) is 0 Å². The van der Waals surface area contributed by atoms with E-state index in [1.807, 2.05) is 19.1 Å². The second kappa shape index (κ2) is 7.46. The minimum atomic E-state index is -3.68. The van der Waals surface area contributed by atoms with Crippen molar-refractivity contribution in [1.82, 2.24) is 8.61 Å². The lowest BCUT2D eigenvalue weighted by Gasteiger charge is -2.33. The van der Waals surface area contributed by atoms with E-state index in [1.54, 1.807) is 19.9 Å². The Labute approximate surface area is 169 Å². The van der Waals surface area contributed by atoms with E-state index in [9.17, 15) is 16.8 Å². The summed E-state index contributed by atoms with van der Waals surface area (Å²) in [5.41, 5.74) is 2.42. The summed E-state index contributed by atoms with van der Waals surface area (Å²) in [5, 5.41) is 0. The molecule has 2 aromatic rings. The van der Waals surface area contributed by atoms with Gasteiger partial charge in [-0.3, -0.25) is 0 Å². The lowest BCUT2D eigenvalue weighted by molar-refractivity contribution is 0.273. The highest BCUT2D eigenvalue weighted by atomic mass is 35.5. The molecule has 0 atom stereocenters. The summed E-state index contributed by atoms with van der Waals surface area (Å²) < 4.78 is 54.8. The average molecular weight is 449 g/mol. The Kier molecular flexibility index (Phi) is 5.73. The molecule has 1 aromatic carbocycles. The molecule has 0 N–H and O–H groups in total. The highest BCUT2D eigenvalue weighted by Crippen LogP contribution is 2.30. The first-order valence-corrected chi connectivity index (χ1v) is 12.4. The standard InChI is InChI=1S/C17H21ClN2O4S3/c1-12-10-13(2)17(14(3)11-12)27(23,24)20-8-6-19(7-9-20)26(21,22)16-5-4-15(18)25-16/h4-5,10-11H,6-9H2,1-3H3. The van der Waals surface area contributed by atoms with Gasteiger partial charge in [0.05, 0.1) is 9.23 Å². The molecule has 1 aliphatic heterocycles. The molecule has 1 saturated heterocycles. The van der Waals surface area contributed by atoms with Crippen LogP contribution in [0, 0.1) is 20.8 Å². The van der Waals surface area contributed by atoms with Gasteiger partial charge in [-0.05, 0) is 44.0 Å². The molecule has 0 radical (unpaired) electrons. The first kappa shape index (κ1) is 20.8. The summed E-state index contributed by atoms with van der Waals surface area (Å²) in [6.07, 6.45) is 0. The fourth-order valence-electron chi connectivity index (χ4n) is 3.42. The molecule has 10 heteroatoms. The molecule has 148 valence electrons. The Morgan fingerprint density at radius 1 is 0.852 bits per heavy atom. The SMILES string of the molecule is Cc1cc(C)c(S(=O)(=O)N2CCN(S(=O)(=O)c3ccc(Cl)s3)CC2)c(C)c1. The van der Waals surface area contributed by atoms with Crippen molar-refractivity contribution < 1.29 is 16.8 Å². The zero-order valence-corrected chi connectivity index (χ0v) is 18.5. The number of piperazine rings is 1. The average Bonchev–Trinajstić information content (AvgIpc) is 3.01. The number of hydrogen-bond donors (Lipinski definition) is 0. The molecule has 0 spiro atoms. The van der Waals surface area contributed by atoms with Crippen LogP contribution in [0.1, 0.15) is 16.7 Å². The maximum absolute atomic E-state index is 13.1. The molecule has 0 aliphatic carbocycles. The second-order valence-electron chi connectivity index (χ2n) is 6.59. The molecule has 3 rings (SSSR count). The Balaban J connectivity index is 1.81. The molecule has 2 heterocycles. The maximum Gasteiger partial charge on any atom is 0.252 e. The van der Waals surface area contributed by atoms with Gasteiger partial charge in [-0.25, -0.2) is 16.8 Å². The van der Waals surface area contributed by atoms with E-state index in [1.165, 1.54) is 14.7 Å². The van der Waals surface area contributed by atoms with Crippen LogP contribution in [0.2, 0.25) is 4.34 Å². The van der Waals surface area contributed by atoms with Crippen LogP contribution < -0.4 is 0 Å². The third-order valence-electron chi connectivity index (χ3n) is 4.54. The molecule has 1 fully saturated rings. The summed E-state index contributed by atoms with van der Waals surface area (Å²) in [6, 6.07) is 6.72. The van der Waals surface area contributed by atoms with E-state index >= 15 is 0 Å². The fraction of sp³-hybridized carbons (Fsp3) is 0.412. The number of sulfonamides is 2. The van der Waals surface area contributed by atoms with Crippen molar-refractivity contribution in [2.45, 2.75) is 29.9 Å². The van der Waals surface area contributed by atoms with Crippen LogP contribution in [-0.2, 0) is 20.0 Å². The van der Waals surface area contributed by atoms with Gasteiger partial charge < -0.3 is 0 Å². The second-order valence-corrected chi connectivity index (χ2v) is 12.3. The molecule has 1 aromatic heterocycles. The summed E-state index contributed by atoms with van der Waals surface area (Å²) in [7, 11) is -7.33. The molecule has 0 bridgehead atoms. The molecule has 27 heavy (non-hydrogen) atoms. The Morgan fingerprint density at radius 3 is 1.78 bits per heavy atom. The maximum atomic E-state index is 13.1. The molecule has 0 amide bonds. The van der Waals surface area contributed by atoms with E-state index in [4.69, 9.17) is 11.6 Å². The first-order chi connectivity index (χ1) is 12.5. The van der Waals surface area contributed by atoms with E-state index in [-0.39, 0.29) is 30.4 Å². The predicted molar refractivity (Wildman–Crippen MR) is 107 cm³/mol. The molecular weight excluding hydrogens is 428 g/mol. The van der Waals surface area contributed by atoms with Gasteiger partial charge in [-0.1, -0.05) is 29.3 Å². The number of halogens is 1. The van der Waals surface area contributed by atoms with Gasteiger partial charge in [0.25, 0.3) is 10.0 Å². The normalized spacial score (nSPS) is 17.3. The van der Waals surface area contributed by atoms with Crippen LogP contribution in [-0.4, -0.2) is 51.6 Å². The minimum Gasteiger partial charge on any atom is -0.207 e. The molecule has 1 aliphatic rings. The Hall–Kier alpha value is -0.970. The number of nitrogens with zero attached hydrogens (tertiary/aromatic N) is 2. The summed E-state index contributed by atoms with van der Waals surface area (Å²) in [5.74, 6) is 0. The van der Waals surface area contributed by atoms with Crippen LogP contribution in [0.5, 0.6) is 0 Å². The van der Waals surface area contributed by atoms with Crippen molar-refractivity contribution in [3.05, 3.63) is 45.3 Å². The van der Waals surface area contributed by atoms with Crippen molar-refractivity contribution in [2.75, 3.05) is 26.2 Å². The van der Waals surface area contributed by atoms with Crippen molar-refractivity contribution in [3.63, 3.8) is 0 Å². The minimum absolute atomic E-state index is 0.112. The van der Waals surface area contributed by atoms with Gasteiger partial charge in [-0.15, -0.1) is 11.3 Å². The van der Waals surface area contributed by atoms with Crippen molar-refractivity contribution in [2.24, 2.45) is 0 Å². The van der Waals surface area contributed by atoms with Crippen LogP contribution >= 0.6 is 22.9 Å². The summed E-state index contributed by atoms with van der Waals surface area (Å²) >= 11 is 6.85. The molecular formula is C17H21ClN2O4S3. The first-order valence-electron chi connectivity index (χ1n) is 8.37. The number of rotatable bonds is 4. The van der Waals surface area contributed by atoms with Gasteiger partial charge in [0.1, 0.15) is 4.21 Å². The third-order valence-corrected chi connectivity index (χ3v) is 10.3. The van der Waals surface area contributed by atoms with Gasteiger partial charge in [0.15, 0.2) is 0 Å². The fourth-order valence-corrected chi connectivity index (χ4v) is 8.31. The van der Waals surface area contributed by atoms with E-state index < -0.39 is 20.0 Å². The smallest absolute Gasteiger partial charge is 0.207 e. The van der Waals surface area contributed by atoms with Crippen molar-refractivity contribution >= 4 is 43.0 Å². The lowest BCUT2D eigenvalue weighted by Crippen LogP contribution is -2.50. The highest BCUT2D eigenvalue weighted by molar-refractivity contribution is 7.91. The van der Waals surface area contributed by atoms with E-state index in [0.29, 0.717) is 20.4 Å². The van der Waals surface area contributed by atoms with Gasteiger partial charge in [-0.2, -0.15) is 8.61 Å². The predicted octanol–water partition coefficient (Wildman–Crippen LogP) is 3.02. The summed E-state index contributed by atoms with van der Waals surface area (Å²) in [6.45, 7) is 5.96. The number of aryl methyl sites for hydroxylation is 3. The van der Waals surface area contributed by atoms with Crippen molar-refractivity contribution in [1.29, 1.82) is 0 Å². The van der Waals surface area contributed by atoms with E-state index in [0.717, 1.165) is 16.9 Å². The largest absolute Gasteiger partial charge is 0.252 e. The van der Waals surface area contributed by atoms with Crippen LogP contribution in [0.25, 0.3) is 0 Å². The van der Waals surface area contributed by atoms with Gasteiger partial charge in [0, 0.05) is 26.2 Å².